The molecule has 1 aromatic heterocycles. The van der Waals surface area contributed by atoms with Crippen molar-refractivity contribution in [2.24, 2.45) is 0 Å². The Kier molecular flexibility index (Phi) is 5.44. The van der Waals surface area contributed by atoms with Gasteiger partial charge in [-0.1, -0.05) is 30.3 Å². The number of carbonyl (C=O) groups is 1. The van der Waals surface area contributed by atoms with Crippen LogP contribution in [0.2, 0.25) is 0 Å². The second-order valence-corrected chi connectivity index (χ2v) is 7.18. The number of hydrogen-bond donors (Lipinski definition) is 0. The Morgan fingerprint density at radius 1 is 0.966 bits per heavy atom. The minimum Gasteiger partial charge on any atom is -0.493 e. The number of benzene rings is 3. The number of rotatable bonds is 7. The number of carbonyl (C=O) groups excluding carboxylic acids is 1. The molecule has 0 bridgehead atoms. The van der Waals surface area contributed by atoms with E-state index in [9.17, 15) is 4.79 Å². The van der Waals surface area contributed by atoms with Crippen molar-refractivity contribution in [3.63, 3.8) is 0 Å². The summed E-state index contributed by atoms with van der Waals surface area (Å²) in [6.07, 6.45) is 0.841. The summed E-state index contributed by atoms with van der Waals surface area (Å²) in [5.74, 6) is 1.89. The van der Waals surface area contributed by atoms with E-state index in [-0.39, 0.29) is 6.61 Å². The van der Waals surface area contributed by atoms with Gasteiger partial charge in [-0.3, -0.25) is 4.79 Å². The second kappa shape index (κ2) is 8.32. The van der Waals surface area contributed by atoms with E-state index in [1.165, 1.54) is 11.3 Å². The van der Waals surface area contributed by atoms with Crippen molar-refractivity contribution in [2.75, 3.05) is 14.2 Å². The average Bonchev–Trinajstić information content (AvgIpc) is 3.25. The molecule has 0 fully saturated rings. The first-order valence-corrected chi connectivity index (χ1v) is 9.88. The number of aldehydes is 1. The summed E-state index contributed by atoms with van der Waals surface area (Å²) in [7, 11) is 3.22. The normalized spacial score (nSPS) is 10.7. The van der Waals surface area contributed by atoms with Gasteiger partial charge < -0.3 is 14.2 Å². The molecule has 0 aliphatic heterocycles. The van der Waals surface area contributed by atoms with E-state index >= 15 is 0 Å². The molecule has 4 aromatic rings. The number of ether oxygens (including phenoxy) is 3. The first kappa shape index (κ1) is 19.0. The van der Waals surface area contributed by atoms with E-state index in [1.807, 2.05) is 60.0 Å². The molecule has 0 aliphatic carbocycles. The Labute approximate surface area is 172 Å². The van der Waals surface area contributed by atoms with Crippen LogP contribution in [0.1, 0.15) is 16.1 Å². The Bertz CT molecular complexity index is 1170. The lowest BCUT2D eigenvalue weighted by Crippen LogP contribution is -1.99. The summed E-state index contributed by atoms with van der Waals surface area (Å²) in [5, 5.41) is 4.70. The van der Waals surface area contributed by atoms with Gasteiger partial charge in [0.05, 0.1) is 25.5 Å². The average molecular weight is 405 g/mol. The van der Waals surface area contributed by atoms with E-state index in [2.05, 4.69) is 4.98 Å². The maximum absolute atomic E-state index is 11.6. The molecule has 6 heteroatoms. The van der Waals surface area contributed by atoms with Crippen molar-refractivity contribution in [3.05, 3.63) is 71.2 Å². The van der Waals surface area contributed by atoms with Gasteiger partial charge in [-0.05, 0) is 35.0 Å². The van der Waals surface area contributed by atoms with Crippen LogP contribution >= 0.6 is 11.3 Å². The Morgan fingerprint density at radius 2 is 1.76 bits per heavy atom. The predicted octanol–water partition coefficient (Wildman–Crippen LogP) is 5.37. The Morgan fingerprint density at radius 3 is 2.55 bits per heavy atom. The molecule has 0 spiro atoms. The highest BCUT2D eigenvalue weighted by Gasteiger charge is 2.12. The molecular weight excluding hydrogens is 386 g/mol. The third-order valence-corrected chi connectivity index (χ3v) is 5.55. The third kappa shape index (κ3) is 3.79. The van der Waals surface area contributed by atoms with E-state index in [0.717, 1.165) is 33.3 Å². The highest BCUT2D eigenvalue weighted by atomic mass is 32.1. The molecule has 4 rings (SSSR count). The van der Waals surface area contributed by atoms with Crippen LogP contribution in [0.4, 0.5) is 0 Å². The fourth-order valence-corrected chi connectivity index (χ4v) is 3.95. The maximum atomic E-state index is 11.6. The minimum absolute atomic E-state index is 0.281. The SMILES string of the molecule is COc1ccc(-c2nc(COc3ccc4ccccc4c3C=O)cs2)cc1OC. The summed E-state index contributed by atoms with van der Waals surface area (Å²) in [4.78, 5) is 16.3. The number of aromatic nitrogens is 1. The van der Waals surface area contributed by atoms with Crippen LogP contribution in [0, 0.1) is 0 Å². The fraction of sp³-hybridized carbons (Fsp3) is 0.130. The number of thiazole rings is 1. The van der Waals surface area contributed by atoms with Gasteiger partial charge in [-0.25, -0.2) is 4.98 Å². The van der Waals surface area contributed by atoms with Gasteiger partial charge in [0.1, 0.15) is 17.4 Å². The molecule has 0 N–H and O–H groups in total. The Hall–Kier alpha value is -3.38. The lowest BCUT2D eigenvalue weighted by atomic mass is 10.0. The van der Waals surface area contributed by atoms with Crippen LogP contribution < -0.4 is 14.2 Å². The smallest absolute Gasteiger partial charge is 0.161 e. The van der Waals surface area contributed by atoms with Crippen molar-refractivity contribution in [1.82, 2.24) is 4.98 Å². The van der Waals surface area contributed by atoms with Gasteiger partial charge >= 0.3 is 0 Å². The molecule has 29 heavy (non-hydrogen) atoms. The van der Waals surface area contributed by atoms with Crippen molar-refractivity contribution in [3.8, 4) is 27.8 Å². The zero-order valence-electron chi connectivity index (χ0n) is 16.0. The van der Waals surface area contributed by atoms with Crippen LogP contribution in [-0.2, 0) is 6.61 Å². The third-order valence-electron chi connectivity index (χ3n) is 4.61. The van der Waals surface area contributed by atoms with Gasteiger partial charge in [-0.2, -0.15) is 0 Å². The lowest BCUT2D eigenvalue weighted by Gasteiger charge is -2.10. The molecule has 0 radical (unpaired) electrons. The summed E-state index contributed by atoms with van der Waals surface area (Å²) in [6.45, 7) is 0.281. The van der Waals surface area contributed by atoms with Crippen LogP contribution in [0.5, 0.6) is 17.2 Å². The molecule has 5 nitrogen and oxygen atoms in total. The molecule has 1 heterocycles. The van der Waals surface area contributed by atoms with Crippen LogP contribution in [0.3, 0.4) is 0 Å². The number of hydrogen-bond acceptors (Lipinski definition) is 6. The summed E-state index contributed by atoms with van der Waals surface area (Å²) in [5.41, 5.74) is 2.29. The molecular formula is C23H19NO4S. The molecule has 146 valence electrons. The largest absolute Gasteiger partial charge is 0.493 e. The van der Waals surface area contributed by atoms with Crippen LogP contribution in [0.25, 0.3) is 21.3 Å². The predicted molar refractivity (Wildman–Crippen MR) is 114 cm³/mol. The fourth-order valence-electron chi connectivity index (χ4n) is 3.15. The minimum atomic E-state index is 0.281. The van der Waals surface area contributed by atoms with Crippen molar-refractivity contribution in [2.45, 2.75) is 6.61 Å². The molecule has 3 aromatic carbocycles. The molecule has 0 unspecified atom stereocenters. The maximum Gasteiger partial charge on any atom is 0.161 e. The molecule has 0 amide bonds. The number of nitrogens with zero attached hydrogens (tertiary/aromatic N) is 1. The highest BCUT2D eigenvalue weighted by Crippen LogP contribution is 2.34. The van der Waals surface area contributed by atoms with Crippen molar-refractivity contribution < 1.29 is 19.0 Å². The Balaban J connectivity index is 1.55. The first-order chi connectivity index (χ1) is 14.2. The molecule has 0 aliphatic rings. The van der Waals surface area contributed by atoms with Gasteiger partial charge in [0, 0.05) is 10.9 Å². The van der Waals surface area contributed by atoms with Gasteiger partial charge in [0.15, 0.2) is 17.8 Å². The summed E-state index contributed by atoms with van der Waals surface area (Å²) in [6, 6.07) is 17.2. The standard InChI is InChI=1S/C23H19NO4S/c1-26-21-10-8-16(11-22(21)27-2)23-24-17(14-29-23)13-28-20-9-7-15-5-3-4-6-18(15)19(20)12-25/h3-12,14H,13H2,1-2H3. The van der Waals surface area contributed by atoms with Gasteiger partial charge in [-0.15, -0.1) is 11.3 Å². The molecule has 0 atom stereocenters. The van der Waals surface area contributed by atoms with Crippen molar-refractivity contribution >= 4 is 28.4 Å². The van der Waals surface area contributed by atoms with E-state index in [1.54, 1.807) is 14.2 Å². The lowest BCUT2D eigenvalue weighted by molar-refractivity contribution is 0.112. The van der Waals surface area contributed by atoms with Gasteiger partial charge in [0.25, 0.3) is 0 Å². The van der Waals surface area contributed by atoms with Crippen LogP contribution in [-0.4, -0.2) is 25.5 Å². The highest BCUT2D eigenvalue weighted by molar-refractivity contribution is 7.13. The zero-order valence-corrected chi connectivity index (χ0v) is 16.9. The van der Waals surface area contributed by atoms with E-state index < -0.39 is 0 Å². The van der Waals surface area contributed by atoms with Crippen LogP contribution in [0.15, 0.2) is 60.0 Å². The monoisotopic (exact) mass is 405 g/mol. The topological polar surface area (TPSA) is 57.7 Å². The molecule has 0 saturated carbocycles. The summed E-state index contributed by atoms with van der Waals surface area (Å²) < 4.78 is 16.6. The van der Waals surface area contributed by atoms with E-state index in [0.29, 0.717) is 22.8 Å². The molecule has 0 saturated heterocycles. The van der Waals surface area contributed by atoms with Crippen molar-refractivity contribution in [1.29, 1.82) is 0 Å². The zero-order chi connectivity index (χ0) is 20.2. The number of fused-ring (bicyclic) bond motifs is 1. The quantitative estimate of drug-likeness (QED) is 0.387. The van der Waals surface area contributed by atoms with Gasteiger partial charge in [0.2, 0.25) is 0 Å². The van der Waals surface area contributed by atoms with E-state index in [4.69, 9.17) is 14.2 Å². The second-order valence-electron chi connectivity index (χ2n) is 6.32. The summed E-state index contributed by atoms with van der Waals surface area (Å²) >= 11 is 1.53. The first-order valence-electron chi connectivity index (χ1n) is 9.00. The number of methoxy groups -OCH3 is 2.